The largest absolute Gasteiger partial charge is 0.343 e. The second kappa shape index (κ2) is 5.63. The number of hydrogen-bond donors (Lipinski definition) is 1. The van der Waals surface area contributed by atoms with E-state index in [0.717, 1.165) is 30.9 Å². The molecule has 0 atom stereocenters. The molecule has 1 aromatic heterocycles. The number of nitrogens with one attached hydrogen (secondary N) is 1. The Kier molecular flexibility index (Phi) is 3.51. The van der Waals surface area contributed by atoms with Crippen LogP contribution in [0.4, 0.5) is 11.6 Å². The average molecular weight is 281 g/mol. The van der Waals surface area contributed by atoms with Crippen molar-refractivity contribution in [2.24, 2.45) is 4.99 Å². The van der Waals surface area contributed by atoms with Gasteiger partial charge in [-0.25, -0.2) is 0 Å². The fourth-order valence-electron chi connectivity index (χ4n) is 2.28. The van der Waals surface area contributed by atoms with Gasteiger partial charge in [-0.1, -0.05) is 18.2 Å². The van der Waals surface area contributed by atoms with Gasteiger partial charge >= 0.3 is 0 Å². The number of aliphatic imine (C=N–C) groups is 1. The van der Waals surface area contributed by atoms with Crippen LogP contribution >= 0.6 is 0 Å². The lowest BCUT2D eigenvalue weighted by Crippen LogP contribution is -2.32. The van der Waals surface area contributed by atoms with Gasteiger partial charge in [0.1, 0.15) is 5.82 Å². The molecular weight excluding hydrogens is 266 g/mol. The zero-order chi connectivity index (χ0) is 14.7. The molecule has 0 bridgehead atoms. The van der Waals surface area contributed by atoms with Crippen molar-refractivity contribution in [2.75, 3.05) is 18.9 Å². The van der Waals surface area contributed by atoms with Crippen molar-refractivity contribution in [2.45, 2.75) is 12.8 Å². The average Bonchev–Trinajstić information content (AvgIpc) is 2.82. The number of hydrogen-bond acceptors (Lipinski definition) is 5. The first-order valence-corrected chi connectivity index (χ1v) is 6.74. The Hall–Kier alpha value is -2.88. The third kappa shape index (κ3) is 2.69. The molecule has 2 heterocycles. The minimum Gasteiger partial charge on any atom is -0.343 e. The van der Waals surface area contributed by atoms with E-state index in [2.05, 4.69) is 20.4 Å². The Labute approximate surface area is 122 Å². The maximum atomic E-state index is 8.85. The Bertz CT molecular complexity index is 696. The van der Waals surface area contributed by atoms with E-state index >= 15 is 0 Å². The summed E-state index contributed by atoms with van der Waals surface area (Å²) >= 11 is 0. The molecule has 0 aliphatic carbocycles. The normalized spacial score (nSPS) is 16.2. The Morgan fingerprint density at radius 3 is 2.90 bits per heavy atom. The Balaban J connectivity index is 1.94. The maximum absolute atomic E-state index is 8.85. The molecule has 106 valence electrons. The lowest BCUT2D eigenvalue weighted by molar-refractivity contribution is 0.485. The molecule has 7 heteroatoms. The van der Waals surface area contributed by atoms with Crippen molar-refractivity contribution in [1.29, 1.82) is 5.26 Å². The van der Waals surface area contributed by atoms with Crippen LogP contribution < -0.4 is 5.32 Å². The van der Waals surface area contributed by atoms with Gasteiger partial charge < -0.3 is 10.2 Å². The molecule has 0 radical (unpaired) electrons. The number of fused-ring (bicyclic) bond motifs is 1. The van der Waals surface area contributed by atoms with E-state index in [1.165, 1.54) is 0 Å². The molecule has 7 nitrogen and oxygen atoms in total. The quantitative estimate of drug-likeness (QED) is 0.845. The van der Waals surface area contributed by atoms with Crippen LogP contribution in [0.3, 0.4) is 0 Å². The molecule has 1 aliphatic heterocycles. The highest BCUT2D eigenvalue weighted by molar-refractivity contribution is 5.83. The molecule has 0 fully saturated rings. The fourth-order valence-corrected chi connectivity index (χ4v) is 2.28. The molecule has 1 N–H and O–H groups in total. The van der Waals surface area contributed by atoms with Crippen molar-refractivity contribution in [1.82, 2.24) is 19.7 Å². The van der Waals surface area contributed by atoms with Crippen LogP contribution in [-0.2, 0) is 6.42 Å². The molecule has 21 heavy (non-hydrogen) atoms. The van der Waals surface area contributed by atoms with Crippen molar-refractivity contribution in [3.63, 3.8) is 0 Å². The molecule has 0 spiro atoms. The Morgan fingerprint density at radius 2 is 2.14 bits per heavy atom. The number of para-hydroxylation sites is 1. The van der Waals surface area contributed by atoms with Crippen LogP contribution in [0.5, 0.6) is 0 Å². The Morgan fingerprint density at radius 1 is 1.33 bits per heavy atom. The summed E-state index contributed by atoms with van der Waals surface area (Å²) < 4.78 is 1.64. The molecule has 1 aliphatic rings. The summed E-state index contributed by atoms with van der Waals surface area (Å²) in [6.07, 6.45) is 3.59. The van der Waals surface area contributed by atoms with Crippen LogP contribution in [0.2, 0.25) is 0 Å². The van der Waals surface area contributed by atoms with Gasteiger partial charge in [-0.3, -0.25) is 0 Å². The van der Waals surface area contributed by atoms with Crippen molar-refractivity contribution in [3.05, 3.63) is 36.2 Å². The summed E-state index contributed by atoms with van der Waals surface area (Å²) in [7, 11) is 1.90. The minimum atomic E-state index is 0.511. The zero-order valence-corrected chi connectivity index (χ0v) is 11.7. The van der Waals surface area contributed by atoms with E-state index in [1.807, 2.05) is 48.5 Å². The highest BCUT2D eigenvalue weighted by Crippen LogP contribution is 2.16. The van der Waals surface area contributed by atoms with E-state index in [-0.39, 0.29) is 0 Å². The molecule has 1 aromatic carbocycles. The SMILES string of the molecule is CN1CCCc2nc(Nc3ccccc3)nn2C1=NC#N. The number of rotatable bonds is 2. The van der Waals surface area contributed by atoms with Crippen LogP contribution in [-0.4, -0.2) is 39.2 Å². The highest BCUT2D eigenvalue weighted by atomic mass is 15.5. The highest BCUT2D eigenvalue weighted by Gasteiger charge is 2.21. The third-order valence-electron chi connectivity index (χ3n) is 3.28. The summed E-state index contributed by atoms with van der Waals surface area (Å²) in [6.45, 7) is 0.826. The number of nitrogens with zero attached hydrogens (tertiary/aromatic N) is 6. The van der Waals surface area contributed by atoms with Gasteiger partial charge in [0.2, 0.25) is 18.1 Å². The summed E-state index contributed by atoms with van der Waals surface area (Å²) in [5.74, 6) is 1.84. The second-order valence-electron chi connectivity index (χ2n) is 4.79. The zero-order valence-electron chi connectivity index (χ0n) is 11.7. The number of anilines is 2. The molecule has 3 rings (SSSR count). The van der Waals surface area contributed by atoms with Gasteiger partial charge in [0, 0.05) is 25.7 Å². The molecular formula is C14H15N7. The minimum absolute atomic E-state index is 0.511. The topological polar surface area (TPSA) is 82.1 Å². The third-order valence-corrected chi connectivity index (χ3v) is 3.28. The van der Waals surface area contributed by atoms with Gasteiger partial charge in [-0.05, 0) is 18.6 Å². The van der Waals surface area contributed by atoms with E-state index in [1.54, 1.807) is 4.68 Å². The lowest BCUT2D eigenvalue weighted by Gasteiger charge is -2.16. The van der Waals surface area contributed by atoms with Crippen molar-refractivity contribution >= 4 is 17.6 Å². The van der Waals surface area contributed by atoms with Crippen molar-refractivity contribution < 1.29 is 0 Å². The van der Waals surface area contributed by atoms with Gasteiger partial charge in [0.25, 0.3) is 0 Å². The standard InChI is InChI=1S/C14H15N7/c1-20-9-5-8-12-18-13(17-11-6-3-2-4-7-11)19-21(12)14(20)16-10-15/h2-4,6-7H,5,8-9H2,1H3,(H,17,19). The number of benzene rings is 1. The second-order valence-corrected chi connectivity index (χ2v) is 4.79. The van der Waals surface area contributed by atoms with Gasteiger partial charge in [-0.15, -0.1) is 10.1 Å². The smallest absolute Gasteiger partial charge is 0.247 e. The molecule has 0 amide bonds. The summed E-state index contributed by atoms with van der Waals surface area (Å²) in [5.41, 5.74) is 0.922. The van der Waals surface area contributed by atoms with Crippen LogP contribution in [0, 0.1) is 11.5 Å². The maximum Gasteiger partial charge on any atom is 0.247 e. The van der Waals surface area contributed by atoms with Gasteiger partial charge in [0.15, 0.2) is 0 Å². The first-order valence-electron chi connectivity index (χ1n) is 6.74. The number of nitriles is 1. The summed E-state index contributed by atoms with van der Waals surface area (Å²) in [4.78, 5) is 10.3. The van der Waals surface area contributed by atoms with E-state index < -0.39 is 0 Å². The van der Waals surface area contributed by atoms with E-state index in [4.69, 9.17) is 5.26 Å². The van der Waals surface area contributed by atoms with Gasteiger partial charge in [-0.2, -0.15) is 14.9 Å². The molecule has 0 saturated heterocycles. The lowest BCUT2D eigenvalue weighted by atomic mass is 10.3. The first kappa shape index (κ1) is 13.1. The predicted molar refractivity (Wildman–Crippen MR) is 79.1 cm³/mol. The molecule has 0 unspecified atom stereocenters. The number of aromatic nitrogens is 3. The van der Waals surface area contributed by atoms with Crippen LogP contribution in [0.15, 0.2) is 35.3 Å². The number of aryl methyl sites for hydroxylation is 1. The van der Waals surface area contributed by atoms with Crippen molar-refractivity contribution in [3.8, 4) is 6.19 Å². The van der Waals surface area contributed by atoms with Crippen LogP contribution in [0.25, 0.3) is 0 Å². The van der Waals surface area contributed by atoms with E-state index in [9.17, 15) is 0 Å². The monoisotopic (exact) mass is 281 g/mol. The van der Waals surface area contributed by atoms with E-state index in [0.29, 0.717) is 11.9 Å². The summed E-state index contributed by atoms with van der Waals surface area (Å²) in [6, 6.07) is 9.73. The predicted octanol–water partition coefficient (Wildman–Crippen LogP) is 1.58. The molecule has 2 aromatic rings. The van der Waals surface area contributed by atoms with Gasteiger partial charge in [0.05, 0.1) is 0 Å². The van der Waals surface area contributed by atoms with Crippen LogP contribution in [0.1, 0.15) is 12.2 Å². The molecule has 0 saturated carbocycles. The first-order chi connectivity index (χ1) is 10.3. The fraction of sp³-hybridized carbons (Fsp3) is 0.286. The summed E-state index contributed by atoms with van der Waals surface area (Å²) in [5, 5.41) is 16.4.